The Bertz CT molecular complexity index is 673. The van der Waals surface area contributed by atoms with Gasteiger partial charge < -0.3 is 5.32 Å². The summed E-state index contributed by atoms with van der Waals surface area (Å²) in [6, 6.07) is 10.4. The number of aryl methyl sites for hydroxylation is 1. The van der Waals surface area contributed by atoms with Crippen LogP contribution in [0.2, 0.25) is 0 Å². The average Bonchev–Trinajstić information content (AvgIpc) is 3.08. The highest BCUT2D eigenvalue weighted by atomic mass is 32.1. The van der Waals surface area contributed by atoms with E-state index in [0.717, 1.165) is 56.7 Å². The number of likely N-dealkylation sites (tertiary alicyclic amines) is 1. The Morgan fingerprint density at radius 1 is 1.32 bits per heavy atom. The van der Waals surface area contributed by atoms with Crippen molar-refractivity contribution in [2.75, 3.05) is 18.4 Å². The molecule has 1 aromatic heterocycles. The van der Waals surface area contributed by atoms with Crippen LogP contribution in [-0.2, 0) is 17.8 Å². The smallest absolute Gasteiger partial charge is 0.230 e. The highest BCUT2D eigenvalue weighted by Crippen LogP contribution is 2.22. The summed E-state index contributed by atoms with van der Waals surface area (Å²) in [4.78, 5) is 15.0. The molecule has 1 atom stereocenters. The van der Waals surface area contributed by atoms with Crippen LogP contribution in [0.5, 0.6) is 0 Å². The van der Waals surface area contributed by atoms with E-state index in [4.69, 9.17) is 0 Å². The summed E-state index contributed by atoms with van der Waals surface area (Å²) in [7, 11) is 0. The third-order valence-corrected chi connectivity index (χ3v) is 5.46. The van der Waals surface area contributed by atoms with Crippen molar-refractivity contribution in [3.63, 3.8) is 0 Å². The number of aromatic nitrogens is 2. The first kappa shape index (κ1) is 18.0. The first-order chi connectivity index (χ1) is 12.2. The van der Waals surface area contributed by atoms with Gasteiger partial charge in [-0.05, 0) is 31.4 Å². The van der Waals surface area contributed by atoms with Crippen LogP contribution in [0.4, 0.5) is 5.13 Å². The lowest BCUT2D eigenvalue weighted by atomic mass is 9.97. The molecule has 6 heteroatoms. The van der Waals surface area contributed by atoms with E-state index in [0.29, 0.717) is 5.13 Å². The molecule has 25 heavy (non-hydrogen) atoms. The monoisotopic (exact) mass is 358 g/mol. The fraction of sp³-hybridized carbons (Fsp3) is 0.526. The van der Waals surface area contributed by atoms with Crippen LogP contribution < -0.4 is 5.32 Å². The Kier molecular flexibility index (Phi) is 6.53. The van der Waals surface area contributed by atoms with Crippen molar-refractivity contribution in [3.8, 4) is 0 Å². The lowest BCUT2D eigenvalue weighted by Crippen LogP contribution is -2.40. The summed E-state index contributed by atoms with van der Waals surface area (Å²) in [6.07, 6.45) is 5.19. The summed E-state index contributed by atoms with van der Waals surface area (Å²) >= 11 is 1.50. The number of amides is 1. The van der Waals surface area contributed by atoms with Gasteiger partial charge in [0.25, 0.3) is 0 Å². The van der Waals surface area contributed by atoms with E-state index < -0.39 is 0 Å². The first-order valence-corrected chi connectivity index (χ1v) is 9.95. The van der Waals surface area contributed by atoms with Gasteiger partial charge in [0.05, 0.1) is 5.92 Å². The van der Waals surface area contributed by atoms with Gasteiger partial charge in [0, 0.05) is 19.5 Å². The standard InChI is InChI=1S/C19H26N4OS/c1-2-3-11-17-21-22-19(25-17)20-18(24)16-10-7-12-23(14-16)13-15-8-5-4-6-9-15/h4-6,8-9,16H,2-3,7,10-14H2,1H3,(H,20,22,24)/t16-/m1/s1. The van der Waals surface area contributed by atoms with Crippen molar-refractivity contribution >= 4 is 22.4 Å². The number of nitrogens with one attached hydrogen (secondary N) is 1. The minimum Gasteiger partial charge on any atom is -0.300 e. The van der Waals surface area contributed by atoms with E-state index in [9.17, 15) is 4.79 Å². The summed E-state index contributed by atoms with van der Waals surface area (Å²) in [5.74, 6) is 0.108. The molecule has 1 N–H and O–H groups in total. The van der Waals surface area contributed by atoms with Crippen LogP contribution in [0.25, 0.3) is 0 Å². The molecule has 0 unspecified atom stereocenters. The Morgan fingerprint density at radius 2 is 2.16 bits per heavy atom. The van der Waals surface area contributed by atoms with Gasteiger partial charge in [-0.1, -0.05) is 55.0 Å². The number of carbonyl (C=O) groups is 1. The van der Waals surface area contributed by atoms with Gasteiger partial charge in [-0.3, -0.25) is 9.69 Å². The minimum atomic E-state index is 0.0282. The zero-order valence-electron chi connectivity index (χ0n) is 14.8. The highest BCUT2D eigenvalue weighted by molar-refractivity contribution is 7.15. The Morgan fingerprint density at radius 3 is 2.96 bits per heavy atom. The molecule has 3 rings (SSSR count). The van der Waals surface area contributed by atoms with Crippen molar-refractivity contribution in [1.82, 2.24) is 15.1 Å². The predicted octanol–water partition coefficient (Wildman–Crippen LogP) is 3.73. The van der Waals surface area contributed by atoms with Crippen LogP contribution in [0, 0.1) is 5.92 Å². The van der Waals surface area contributed by atoms with E-state index in [-0.39, 0.29) is 11.8 Å². The van der Waals surface area contributed by atoms with E-state index in [2.05, 4.69) is 51.6 Å². The largest absolute Gasteiger partial charge is 0.300 e. The number of anilines is 1. The molecule has 1 amide bonds. The molecule has 0 radical (unpaired) electrons. The number of nitrogens with zero attached hydrogens (tertiary/aromatic N) is 3. The number of hydrogen-bond acceptors (Lipinski definition) is 5. The third-order valence-electron chi connectivity index (χ3n) is 4.57. The average molecular weight is 359 g/mol. The molecule has 1 fully saturated rings. The summed E-state index contributed by atoms with van der Waals surface area (Å²) < 4.78 is 0. The van der Waals surface area contributed by atoms with E-state index >= 15 is 0 Å². The second-order valence-electron chi connectivity index (χ2n) is 6.65. The van der Waals surface area contributed by atoms with E-state index in [1.165, 1.54) is 16.9 Å². The van der Waals surface area contributed by atoms with Crippen LogP contribution in [0.1, 0.15) is 43.2 Å². The summed E-state index contributed by atoms with van der Waals surface area (Å²) in [5, 5.41) is 12.9. The Labute approximate surface area is 153 Å². The third kappa shape index (κ3) is 5.34. The number of unbranched alkanes of at least 4 members (excludes halogenated alkanes) is 1. The van der Waals surface area contributed by atoms with Gasteiger partial charge in [0.2, 0.25) is 11.0 Å². The number of carbonyl (C=O) groups excluding carboxylic acids is 1. The molecular weight excluding hydrogens is 332 g/mol. The molecule has 1 saturated heterocycles. The van der Waals surface area contributed by atoms with Crippen molar-refractivity contribution < 1.29 is 4.79 Å². The summed E-state index contributed by atoms with van der Waals surface area (Å²) in [5.41, 5.74) is 1.30. The Hall–Kier alpha value is -1.79. The van der Waals surface area contributed by atoms with Crippen LogP contribution in [0.15, 0.2) is 30.3 Å². The SMILES string of the molecule is CCCCc1nnc(NC(=O)[C@@H]2CCCN(Cc3ccccc3)C2)s1. The van der Waals surface area contributed by atoms with Gasteiger partial charge >= 0.3 is 0 Å². The second-order valence-corrected chi connectivity index (χ2v) is 7.72. The number of hydrogen-bond donors (Lipinski definition) is 1. The van der Waals surface area contributed by atoms with Gasteiger partial charge in [0.1, 0.15) is 5.01 Å². The van der Waals surface area contributed by atoms with E-state index in [1.54, 1.807) is 0 Å². The van der Waals surface area contributed by atoms with Gasteiger partial charge in [-0.25, -0.2) is 0 Å². The lowest BCUT2D eigenvalue weighted by Gasteiger charge is -2.31. The molecule has 0 spiro atoms. The zero-order valence-corrected chi connectivity index (χ0v) is 15.6. The Balaban J connectivity index is 1.52. The van der Waals surface area contributed by atoms with Crippen LogP contribution >= 0.6 is 11.3 Å². The molecule has 0 aliphatic carbocycles. The molecule has 2 aromatic rings. The first-order valence-electron chi connectivity index (χ1n) is 9.14. The van der Waals surface area contributed by atoms with Gasteiger partial charge in [-0.15, -0.1) is 10.2 Å². The minimum absolute atomic E-state index is 0.0282. The predicted molar refractivity (Wildman–Crippen MR) is 102 cm³/mol. The van der Waals surface area contributed by atoms with Crippen LogP contribution in [0.3, 0.4) is 0 Å². The molecule has 134 valence electrons. The lowest BCUT2D eigenvalue weighted by molar-refractivity contribution is -0.121. The summed E-state index contributed by atoms with van der Waals surface area (Å²) in [6.45, 7) is 4.93. The highest BCUT2D eigenvalue weighted by Gasteiger charge is 2.26. The maximum absolute atomic E-state index is 12.6. The quantitative estimate of drug-likeness (QED) is 0.819. The van der Waals surface area contributed by atoms with Crippen molar-refractivity contribution in [3.05, 3.63) is 40.9 Å². The molecular formula is C19H26N4OS. The number of benzene rings is 1. The van der Waals surface area contributed by atoms with Gasteiger partial charge in [0.15, 0.2) is 0 Å². The molecule has 0 bridgehead atoms. The van der Waals surface area contributed by atoms with E-state index in [1.807, 2.05) is 6.07 Å². The maximum atomic E-state index is 12.6. The number of piperidine rings is 1. The van der Waals surface area contributed by atoms with Gasteiger partial charge in [-0.2, -0.15) is 0 Å². The molecule has 1 aliphatic rings. The van der Waals surface area contributed by atoms with Crippen molar-refractivity contribution in [2.24, 2.45) is 5.92 Å². The number of rotatable bonds is 7. The second kappa shape index (κ2) is 9.06. The normalized spacial score (nSPS) is 18.2. The van der Waals surface area contributed by atoms with Crippen molar-refractivity contribution in [2.45, 2.75) is 45.6 Å². The topological polar surface area (TPSA) is 58.1 Å². The van der Waals surface area contributed by atoms with Crippen molar-refractivity contribution in [1.29, 1.82) is 0 Å². The molecule has 1 aliphatic heterocycles. The molecule has 5 nitrogen and oxygen atoms in total. The fourth-order valence-corrected chi connectivity index (χ4v) is 3.98. The maximum Gasteiger partial charge on any atom is 0.230 e. The van der Waals surface area contributed by atoms with Crippen LogP contribution in [-0.4, -0.2) is 34.1 Å². The molecule has 0 saturated carbocycles. The zero-order chi connectivity index (χ0) is 17.5. The fourth-order valence-electron chi connectivity index (χ4n) is 3.20. The molecule has 1 aromatic carbocycles. The molecule has 2 heterocycles.